The van der Waals surface area contributed by atoms with Crippen molar-refractivity contribution >= 4 is 21.4 Å². The van der Waals surface area contributed by atoms with Crippen molar-refractivity contribution in [3.05, 3.63) is 48.3 Å². The quantitative estimate of drug-likeness (QED) is 0.571. The molecule has 0 aliphatic heterocycles. The SMILES string of the molecule is N#Cc1ccccc1NS(=O)(=O)c1cnccc1NN. The van der Waals surface area contributed by atoms with Gasteiger partial charge in [0.15, 0.2) is 0 Å². The topological polar surface area (TPSA) is 121 Å². The number of nitrogens with zero attached hydrogens (tertiary/aromatic N) is 2. The Morgan fingerprint density at radius 3 is 2.65 bits per heavy atom. The van der Waals surface area contributed by atoms with Crippen molar-refractivity contribution in [2.45, 2.75) is 4.90 Å². The highest BCUT2D eigenvalue weighted by Gasteiger charge is 2.19. The Morgan fingerprint density at radius 2 is 1.95 bits per heavy atom. The first-order valence-electron chi connectivity index (χ1n) is 5.51. The van der Waals surface area contributed by atoms with E-state index in [0.717, 1.165) is 0 Å². The van der Waals surface area contributed by atoms with E-state index in [2.05, 4.69) is 15.1 Å². The number of rotatable bonds is 4. The van der Waals surface area contributed by atoms with E-state index in [1.165, 1.54) is 30.6 Å². The largest absolute Gasteiger partial charge is 0.323 e. The van der Waals surface area contributed by atoms with Gasteiger partial charge in [-0.15, -0.1) is 0 Å². The fraction of sp³-hybridized carbons (Fsp3) is 0. The lowest BCUT2D eigenvalue weighted by Crippen LogP contribution is -2.18. The van der Waals surface area contributed by atoms with Crippen LogP contribution in [0.4, 0.5) is 11.4 Å². The third kappa shape index (κ3) is 2.69. The van der Waals surface area contributed by atoms with Crippen LogP contribution in [0.3, 0.4) is 0 Å². The van der Waals surface area contributed by atoms with Crippen LogP contribution >= 0.6 is 0 Å². The fourth-order valence-electron chi connectivity index (χ4n) is 1.58. The standard InChI is InChI=1S/C12H11N5O2S/c13-7-9-3-1-2-4-10(9)17-20(18,19)12-8-15-6-5-11(12)16-14/h1-6,8,17H,14H2,(H,15,16). The summed E-state index contributed by atoms with van der Waals surface area (Å²) < 4.78 is 26.9. The molecule has 2 aromatic rings. The van der Waals surface area contributed by atoms with Gasteiger partial charge in [0, 0.05) is 12.4 Å². The van der Waals surface area contributed by atoms with Crippen molar-refractivity contribution in [2.24, 2.45) is 5.84 Å². The molecule has 8 heteroatoms. The van der Waals surface area contributed by atoms with Crippen molar-refractivity contribution in [2.75, 3.05) is 10.1 Å². The molecule has 102 valence electrons. The average Bonchev–Trinajstić information content (AvgIpc) is 2.47. The summed E-state index contributed by atoms with van der Waals surface area (Å²) in [6, 6.07) is 9.64. The van der Waals surface area contributed by atoms with E-state index >= 15 is 0 Å². The number of hydrazine groups is 1. The number of hydrogen-bond acceptors (Lipinski definition) is 6. The van der Waals surface area contributed by atoms with Crippen molar-refractivity contribution in [3.8, 4) is 6.07 Å². The van der Waals surface area contributed by atoms with Gasteiger partial charge in [0.2, 0.25) is 0 Å². The van der Waals surface area contributed by atoms with Crippen LogP contribution in [0.25, 0.3) is 0 Å². The van der Waals surface area contributed by atoms with Gasteiger partial charge in [-0.05, 0) is 18.2 Å². The lowest BCUT2D eigenvalue weighted by atomic mass is 10.2. The number of aromatic nitrogens is 1. The maximum Gasteiger partial charge on any atom is 0.265 e. The van der Waals surface area contributed by atoms with Gasteiger partial charge in [-0.25, -0.2) is 8.42 Å². The number of para-hydroxylation sites is 1. The van der Waals surface area contributed by atoms with Crippen LogP contribution in [0.15, 0.2) is 47.6 Å². The molecule has 20 heavy (non-hydrogen) atoms. The Morgan fingerprint density at radius 1 is 1.20 bits per heavy atom. The predicted molar refractivity (Wildman–Crippen MR) is 74.0 cm³/mol. The number of anilines is 2. The van der Waals surface area contributed by atoms with Crippen LogP contribution in [0.2, 0.25) is 0 Å². The highest BCUT2D eigenvalue weighted by molar-refractivity contribution is 7.92. The van der Waals surface area contributed by atoms with Gasteiger partial charge in [-0.3, -0.25) is 15.5 Å². The number of nitrogens with two attached hydrogens (primary N) is 1. The minimum Gasteiger partial charge on any atom is -0.323 e. The molecule has 4 N–H and O–H groups in total. The molecule has 1 heterocycles. The second-order valence-electron chi connectivity index (χ2n) is 3.78. The second-order valence-corrected chi connectivity index (χ2v) is 5.43. The molecule has 7 nitrogen and oxygen atoms in total. The lowest BCUT2D eigenvalue weighted by Gasteiger charge is -2.11. The number of benzene rings is 1. The molecule has 0 saturated carbocycles. The molecule has 1 aromatic carbocycles. The van der Waals surface area contributed by atoms with Crippen LogP contribution in [0.5, 0.6) is 0 Å². The van der Waals surface area contributed by atoms with Gasteiger partial charge >= 0.3 is 0 Å². The first-order valence-corrected chi connectivity index (χ1v) is 6.99. The predicted octanol–water partition coefficient (Wildman–Crippen LogP) is 1.04. The minimum atomic E-state index is -3.89. The van der Waals surface area contributed by atoms with E-state index in [4.69, 9.17) is 11.1 Å². The van der Waals surface area contributed by atoms with E-state index in [-0.39, 0.29) is 21.8 Å². The van der Waals surface area contributed by atoms with Crippen LogP contribution in [-0.4, -0.2) is 13.4 Å². The number of nitriles is 1. The molecule has 0 spiro atoms. The summed E-state index contributed by atoms with van der Waals surface area (Å²) in [6.45, 7) is 0. The zero-order valence-electron chi connectivity index (χ0n) is 10.2. The van der Waals surface area contributed by atoms with E-state index < -0.39 is 10.0 Å². The lowest BCUT2D eigenvalue weighted by molar-refractivity contribution is 0.601. The van der Waals surface area contributed by atoms with E-state index in [1.807, 2.05) is 6.07 Å². The van der Waals surface area contributed by atoms with Crippen LogP contribution in [-0.2, 0) is 10.0 Å². The molecule has 0 saturated heterocycles. The van der Waals surface area contributed by atoms with Gasteiger partial charge < -0.3 is 5.43 Å². The molecule has 0 aliphatic carbocycles. The van der Waals surface area contributed by atoms with E-state index in [1.54, 1.807) is 12.1 Å². The molecule has 0 radical (unpaired) electrons. The Balaban J connectivity index is 2.44. The summed E-state index contributed by atoms with van der Waals surface area (Å²) in [6.07, 6.45) is 2.59. The summed E-state index contributed by atoms with van der Waals surface area (Å²) >= 11 is 0. The third-order valence-corrected chi connectivity index (χ3v) is 3.91. The van der Waals surface area contributed by atoms with Crippen molar-refractivity contribution in [1.82, 2.24) is 4.98 Å². The Kier molecular flexibility index (Phi) is 3.84. The molecule has 0 fully saturated rings. The number of nitrogens with one attached hydrogen (secondary N) is 2. The maximum absolute atomic E-state index is 12.3. The molecular weight excluding hydrogens is 278 g/mol. The smallest absolute Gasteiger partial charge is 0.265 e. The summed E-state index contributed by atoms with van der Waals surface area (Å²) in [4.78, 5) is 3.66. The van der Waals surface area contributed by atoms with Gasteiger partial charge in [0.1, 0.15) is 11.0 Å². The van der Waals surface area contributed by atoms with Crippen molar-refractivity contribution in [3.63, 3.8) is 0 Å². The normalized spacial score (nSPS) is 10.6. The molecule has 0 atom stereocenters. The Bertz CT molecular complexity index is 767. The second kappa shape index (κ2) is 5.56. The Hall–Kier alpha value is -2.63. The van der Waals surface area contributed by atoms with Crippen molar-refractivity contribution < 1.29 is 8.42 Å². The molecular formula is C12H11N5O2S. The van der Waals surface area contributed by atoms with E-state index in [0.29, 0.717) is 0 Å². The summed E-state index contributed by atoms with van der Waals surface area (Å²) in [5.74, 6) is 5.27. The maximum atomic E-state index is 12.3. The molecule has 2 rings (SSSR count). The highest BCUT2D eigenvalue weighted by Crippen LogP contribution is 2.23. The van der Waals surface area contributed by atoms with Gasteiger partial charge in [0.25, 0.3) is 10.0 Å². The van der Waals surface area contributed by atoms with Crippen LogP contribution < -0.4 is 16.0 Å². The Labute approximate surface area is 116 Å². The van der Waals surface area contributed by atoms with E-state index in [9.17, 15) is 8.42 Å². The van der Waals surface area contributed by atoms with Crippen LogP contribution in [0, 0.1) is 11.3 Å². The minimum absolute atomic E-state index is 0.102. The summed E-state index contributed by atoms with van der Waals surface area (Å²) in [5.41, 5.74) is 2.92. The molecule has 0 unspecified atom stereocenters. The summed E-state index contributed by atoms with van der Waals surface area (Å²) in [7, 11) is -3.89. The molecule has 0 amide bonds. The monoisotopic (exact) mass is 289 g/mol. The highest BCUT2D eigenvalue weighted by atomic mass is 32.2. The first-order chi connectivity index (χ1) is 9.58. The number of nitrogen functional groups attached to an aromatic ring is 1. The van der Waals surface area contributed by atoms with Gasteiger partial charge in [0.05, 0.1) is 16.9 Å². The first kappa shape index (κ1) is 13.8. The van der Waals surface area contributed by atoms with Gasteiger partial charge in [-0.2, -0.15) is 5.26 Å². The fourth-order valence-corrected chi connectivity index (χ4v) is 2.78. The van der Waals surface area contributed by atoms with Gasteiger partial charge in [-0.1, -0.05) is 12.1 Å². The van der Waals surface area contributed by atoms with Crippen LogP contribution in [0.1, 0.15) is 5.56 Å². The zero-order valence-corrected chi connectivity index (χ0v) is 11.1. The molecule has 1 aromatic heterocycles. The van der Waals surface area contributed by atoms with Crippen molar-refractivity contribution in [1.29, 1.82) is 5.26 Å². The number of pyridine rings is 1. The summed E-state index contributed by atoms with van der Waals surface area (Å²) in [5, 5.41) is 8.96. The molecule has 0 bridgehead atoms. The number of sulfonamides is 1. The zero-order chi connectivity index (χ0) is 14.6. The number of hydrogen-bond donors (Lipinski definition) is 3. The molecule has 0 aliphatic rings. The third-order valence-electron chi connectivity index (χ3n) is 2.52. The average molecular weight is 289 g/mol.